The summed E-state index contributed by atoms with van der Waals surface area (Å²) in [5.74, 6) is -0.200. The van der Waals surface area contributed by atoms with Crippen molar-refractivity contribution in [2.24, 2.45) is 5.92 Å². The van der Waals surface area contributed by atoms with Crippen molar-refractivity contribution in [3.05, 3.63) is 35.4 Å². The molecule has 0 amide bonds. The van der Waals surface area contributed by atoms with Crippen molar-refractivity contribution < 1.29 is 14.3 Å². The monoisotopic (exact) mass is 247 g/mol. The van der Waals surface area contributed by atoms with Gasteiger partial charge in [-0.3, -0.25) is 9.59 Å². The minimum Gasteiger partial charge on any atom is -0.469 e. The maximum Gasteiger partial charge on any atom is 0.308 e. The second-order valence-electron chi connectivity index (χ2n) is 4.54. The lowest BCUT2D eigenvalue weighted by Gasteiger charge is -2.29. The molecule has 1 fully saturated rings. The third-order valence-electron chi connectivity index (χ3n) is 3.39. The number of piperidine rings is 1. The molecule has 2 unspecified atom stereocenters. The van der Waals surface area contributed by atoms with E-state index in [1.54, 1.807) is 6.07 Å². The van der Waals surface area contributed by atoms with E-state index < -0.39 is 0 Å². The fourth-order valence-electron chi connectivity index (χ4n) is 2.40. The van der Waals surface area contributed by atoms with Crippen LogP contribution in [0.3, 0.4) is 0 Å². The van der Waals surface area contributed by atoms with E-state index in [1.807, 2.05) is 18.2 Å². The van der Waals surface area contributed by atoms with Gasteiger partial charge in [0.05, 0.1) is 13.0 Å². The first-order valence-electron chi connectivity index (χ1n) is 6.11. The van der Waals surface area contributed by atoms with Gasteiger partial charge in [-0.1, -0.05) is 18.2 Å². The summed E-state index contributed by atoms with van der Waals surface area (Å²) in [6.45, 7) is 0.787. The standard InChI is InChI=1S/C14H17NO3/c1-18-14(17)12-5-6-15-13(8-12)11-4-2-3-10(7-11)9-16/h2-4,7,9,12-13,15H,5-6,8H2,1H3. The Morgan fingerprint density at radius 1 is 1.50 bits per heavy atom. The first-order valence-corrected chi connectivity index (χ1v) is 6.11. The van der Waals surface area contributed by atoms with Gasteiger partial charge in [0.15, 0.2) is 0 Å². The summed E-state index contributed by atoms with van der Waals surface area (Å²) in [5, 5.41) is 3.37. The van der Waals surface area contributed by atoms with Crippen LogP contribution in [-0.4, -0.2) is 25.9 Å². The van der Waals surface area contributed by atoms with Crippen LogP contribution in [0, 0.1) is 5.92 Å². The highest BCUT2D eigenvalue weighted by atomic mass is 16.5. The van der Waals surface area contributed by atoms with Gasteiger partial charge in [-0.15, -0.1) is 0 Å². The number of hydrogen-bond acceptors (Lipinski definition) is 4. The Hall–Kier alpha value is -1.68. The summed E-state index contributed by atoms with van der Waals surface area (Å²) in [7, 11) is 1.42. The highest BCUT2D eigenvalue weighted by molar-refractivity contribution is 5.75. The molecule has 1 aromatic carbocycles. The maximum atomic E-state index is 11.6. The van der Waals surface area contributed by atoms with Crippen LogP contribution >= 0.6 is 0 Å². The minimum absolute atomic E-state index is 0.0545. The van der Waals surface area contributed by atoms with Gasteiger partial charge in [0.1, 0.15) is 6.29 Å². The highest BCUT2D eigenvalue weighted by Crippen LogP contribution is 2.28. The Bertz CT molecular complexity index is 444. The fraction of sp³-hybridized carbons (Fsp3) is 0.429. The molecule has 0 aromatic heterocycles. The molecule has 96 valence electrons. The Balaban J connectivity index is 2.12. The average Bonchev–Trinajstić information content (AvgIpc) is 2.46. The third-order valence-corrected chi connectivity index (χ3v) is 3.39. The number of esters is 1. The average molecular weight is 247 g/mol. The lowest BCUT2D eigenvalue weighted by molar-refractivity contribution is -0.146. The number of carbonyl (C=O) groups is 2. The quantitative estimate of drug-likeness (QED) is 0.652. The molecule has 0 bridgehead atoms. The number of ether oxygens (including phenoxy) is 1. The Morgan fingerprint density at radius 2 is 2.33 bits per heavy atom. The SMILES string of the molecule is COC(=O)C1CCNC(c2cccc(C=O)c2)C1. The molecule has 1 aliphatic heterocycles. The number of rotatable bonds is 3. The largest absolute Gasteiger partial charge is 0.469 e. The molecule has 1 aliphatic rings. The summed E-state index contributed by atoms with van der Waals surface area (Å²) < 4.78 is 4.80. The Kier molecular flexibility index (Phi) is 4.10. The van der Waals surface area contributed by atoms with E-state index in [4.69, 9.17) is 4.74 Å². The molecular weight excluding hydrogens is 230 g/mol. The van der Waals surface area contributed by atoms with Crippen molar-refractivity contribution >= 4 is 12.3 Å². The predicted molar refractivity (Wildman–Crippen MR) is 67.3 cm³/mol. The lowest BCUT2D eigenvalue weighted by Crippen LogP contribution is -2.35. The molecule has 1 heterocycles. The molecule has 0 spiro atoms. The minimum atomic E-state index is -0.145. The van der Waals surface area contributed by atoms with Crippen LogP contribution in [0.5, 0.6) is 0 Å². The lowest BCUT2D eigenvalue weighted by atomic mass is 9.88. The van der Waals surface area contributed by atoms with E-state index in [9.17, 15) is 9.59 Å². The van der Waals surface area contributed by atoms with Gasteiger partial charge in [0, 0.05) is 11.6 Å². The first kappa shape index (κ1) is 12.8. The summed E-state index contributed by atoms with van der Waals surface area (Å²) in [5.41, 5.74) is 1.71. The molecule has 18 heavy (non-hydrogen) atoms. The molecule has 1 aromatic rings. The van der Waals surface area contributed by atoms with Crippen LogP contribution in [0.4, 0.5) is 0 Å². The zero-order chi connectivity index (χ0) is 13.0. The van der Waals surface area contributed by atoms with Crippen LogP contribution in [0.25, 0.3) is 0 Å². The van der Waals surface area contributed by atoms with Crippen LogP contribution in [-0.2, 0) is 9.53 Å². The van der Waals surface area contributed by atoms with Gasteiger partial charge in [0.2, 0.25) is 0 Å². The van der Waals surface area contributed by atoms with Crippen LogP contribution in [0.1, 0.15) is 34.8 Å². The smallest absolute Gasteiger partial charge is 0.308 e. The van der Waals surface area contributed by atoms with E-state index in [0.717, 1.165) is 31.2 Å². The van der Waals surface area contributed by atoms with Crippen molar-refractivity contribution in [2.75, 3.05) is 13.7 Å². The van der Waals surface area contributed by atoms with Crippen molar-refractivity contribution in [3.63, 3.8) is 0 Å². The molecule has 1 saturated heterocycles. The number of nitrogens with one attached hydrogen (secondary N) is 1. The highest BCUT2D eigenvalue weighted by Gasteiger charge is 2.28. The number of hydrogen-bond donors (Lipinski definition) is 1. The number of aldehydes is 1. The summed E-state index contributed by atoms with van der Waals surface area (Å²) in [4.78, 5) is 22.3. The second kappa shape index (κ2) is 5.78. The van der Waals surface area contributed by atoms with E-state index in [0.29, 0.717) is 5.56 Å². The van der Waals surface area contributed by atoms with E-state index >= 15 is 0 Å². The van der Waals surface area contributed by atoms with E-state index in [-0.39, 0.29) is 17.9 Å². The summed E-state index contributed by atoms with van der Waals surface area (Å²) in [6, 6.07) is 7.59. The Morgan fingerprint density at radius 3 is 3.06 bits per heavy atom. The van der Waals surface area contributed by atoms with Gasteiger partial charge in [-0.2, -0.15) is 0 Å². The van der Waals surface area contributed by atoms with Crippen molar-refractivity contribution in [3.8, 4) is 0 Å². The molecule has 0 aliphatic carbocycles. The van der Waals surface area contributed by atoms with Crippen LogP contribution in [0.15, 0.2) is 24.3 Å². The molecular formula is C14H17NO3. The zero-order valence-corrected chi connectivity index (χ0v) is 10.4. The predicted octanol–water partition coefficient (Wildman–Crippen LogP) is 1.71. The van der Waals surface area contributed by atoms with Gasteiger partial charge >= 0.3 is 5.97 Å². The second-order valence-corrected chi connectivity index (χ2v) is 4.54. The van der Waals surface area contributed by atoms with Crippen molar-refractivity contribution in [1.82, 2.24) is 5.32 Å². The molecule has 2 rings (SSSR count). The summed E-state index contributed by atoms with van der Waals surface area (Å²) >= 11 is 0. The van der Waals surface area contributed by atoms with Gasteiger partial charge in [-0.05, 0) is 31.0 Å². The molecule has 0 saturated carbocycles. The first-order chi connectivity index (χ1) is 8.74. The molecule has 4 nitrogen and oxygen atoms in total. The molecule has 4 heteroatoms. The molecule has 0 radical (unpaired) electrons. The van der Waals surface area contributed by atoms with Crippen LogP contribution < -0.4 is 5.32 Å². The van der Waals surface area contributed by atoms with Gasteiger partial charge in [0.25, 0.3) is 0 Å². The normalized spacial score (nSPS) is 23.4. The molecule has 1 N–H and O–H groups in total. The number of methoxy groups -OCH3 is 1. The number of carbonyl (C=O) groups excluding carboxylic acids is 2. The maximum absolute atomic E-state index is 11.6. The third kappa shape index (κ3) is 2.76. The Labute approximate surface area is 106 Å². The van der Waals surface area contributed by atoms with Crippen LogP contribution in [0.2, 0.25) is 0 Å². The van der Waals surface area contributed by atoms with Crippen molar-refractivity contribution in [1.29, 1.82) is 0 Å². The zero-order valence-electron chi connectivity index (χ0n) is 10.4. The van der Waals surface area contributed by atoms with Gasteiger partial charge < -0.3 is 10.1 Å². The van der Waals surface area contributed by atoms with E-state index in [1.165, 1.54) is 7.11 Å². The van der Waals surface area contributed by atoms with E-state index in [2.05, 4.69) is 5.32 Å². The molecule has 2 atom stereocenters. The summed E-state index contributed by atoms with van der Waals surface area (Å²) in [6.07, 6.45) is 2.36. The fourth-order valence-corrected chi connectivity index (χ4v) is 2.40. The van der Waals surface area contributed by atoms with Crippen molar-refractivity contribution in [2.45, 2.75) is 18.9 Å². The topological polar surface area (TPSA) is 55.4 Å². The number of benzene rings is 1. The van der Waals surface area contributed by atoms with Gasteiger partial charge in [-0.25, -0.2) is 0 Å².